The van der Waals surface area contributed by atoms with Crippen LogP contribution in [0.2, 0.25) is 0 Å². The number of benzene rings is 1. The zero-order chi connectivity index (χ0) is 11.7. The van der Waals surface area contributed by atoms with Crippen LogP contribution in [0.5, 0.6) is 0 Å². The molecule has 0 amide bonds. The Labute approximate surface area is 101 Å². The van der Waals surface area contributed by atoms with Crippen LogP contribution in [-0.2, 0) is 6.42 Å². The van der Waals surface area contributed by atoms with Crippen molar-refractivity contribution in [3.63, 3.8) is 0 Å². The first-order chi connectivity index (χ1) is 8.38. The van der Waals surface area contributed by atoms with Crippen LogP contribution in [0, 0.1) is 0 Å². The van der Waals surface area contributed by atoms with E-state index in [1.807, 2.05) is 22.7 Å². The lowest BCUT2D eigenvalue weighted by Crippen LogP contribution is -1.97. The number of aryl methyl sites for hydroxylation is 1. The van der Waals surface area contributed by atoms with Crippen molar-refractivity contribution in [2.45, 2.75) is 13.3 Å². The van der Waals surface area contributed by atoms with E-state index in [4.69, 9.17) is 5.10 Å². The number of hydrogen-bond donors (Lipinski definition) is 0. The predicted octanol–water partition coefficient (Wildman–Crippen LogP) is 3.56. The Morgan fingerprint density at radius 2 is 1.71 bits per heavy atom. The van der Waals surface area contributed by atoms with E-state index in [0.717, 1.165) is 23.2 Å². The fourth-order valence-electron chi connectivity index (χ4n) is 2.07. The molecule has 2 heteroatoms. The molecular formula is C15H14N2. The molecule has 0 saturated heterocycles. The molecule has 2 aromatic heterocycles. The zero-order valence-corrected chi connectivity index (χ0v) is 9.80. The van der Waals surface area contributed by atoms with Crippen molar-refractivity contribution in [2.24, 2.45) is 0 Å². The van der Waals surface area contributed by atoms with Gasteiger partial charge in [-0.1, -0.05) is 37.3 Å². The van der Waals surface area contributed by atoms with Gasteiger partial charge < -0.3 is 0 Å². The maximum absolute atomic E-state index is 4.69. The highest BCUT2D eigenvalue weighted by Crippen LogP contribution is 2.18. The van der Waals surface area contributed by atoms with Crippen LogP contribution >= 0.6 is 0 Å². The van der Waals surface area contributed by atoms with Crippen LogP contribution in [0.25, 0.3) is 16.8 Å². The molecule has 0 atom stereocenters. The minimum atomic E-state index is 0.999. The largest absolute Gasteiger partial charge is 0.237 e. The third kappa shape index (κ3) is 1.72. The fourth-order valence-corrected chi connectivity index (χ4v) is 2.07. The summed E-state index contributed by atoms with van der Waals surface area (Å²) in [7, 11) is 0. The van der Waals surface area contributed by atoms with Crippen LogP contribution in [0.1, 0.15) is 12.6 Å². The van der Waals surface area contributed by atoms with E-state index < -0.39 is 0 Å². The first-order valence-corrected chi connectivity index (χ1v) is 5.91. The Morgan fingerprint density at radius 1 is 0.941 bits per heavy atom. The number of fused-ring (bicyclic) bond motifs is 1. The molecule has 2 heterocycles. The minimum Gasteiger partial charge on any atom is -0.237 e. The van der Waals surface area contributed by atoms with Crippen molar-refractivity contribution < 1.29 is 0 Å². The van der Waals surface area contributed by atoms with Crippen molar-refractivity contribution in [3.05, 3.63) is 60.3 Å². The molecule has 0 saturated carbocycles. The zero-order valence-electron chi connectivity index (χ0n) is 9.80. The molecule has 1 aromatic carbocycles. The van der Waals surface area contributed by atoms with E-state index in [1.165, 1.54) is 5.69 Å². The van der Waals surface area contributed by atoms with E-state index in [-0.39, 0.29) is 0 Å². The third-order valence-corrected chi connectivity index (χ3v) is 3.01. The molecule has 0 aliphatic carbocycles. The second-order valence-electron chi connectivity index (χ2n) is 4.10. The summed E-state index contributed by atoms with van der Waals surface area (Å²) in [4.78, 5) is 0. The van der Waals surface area contributed by atoms with Crippen LogP contribution in [-0.4, -0.2) is 9.61 Å². The van der Waals surface area contributed by atoms with E-state index in [1.54, 1.807) is 0 Å². The van der Waals surface area contributed by atoms with Gasteiger partial charge in [0.05, 0.1) is 11.2 Å². The minimum absolute atomic E-state index is 0.999. The maximum Gasteiger partial charge on any atom is 0.0913 e. The highest BCUT2D eigenvalue weighted by molar-refractivity contribution is 5.61. The molecule has 0 unspecified atom stereocenters. The van der Waals surface area contributed by atoms with Gasteiger partial charge in [0.15, 0.2) is 0 Å². The lowest BCUT2D eigenvalue weighted by molar-refractivity contribution is 0.865. The first kappa shape index (κ1) is 10.1. The van der Waals surface area contributed by atoms with Gasteiger partial charge in [-0.2, -0.15) is 5.10 Å². The van der Waals surface area contributed by atoms with Gasteiger partial charge in [-0.3, -0.25) is 0 Å². The molecule has 0 radical (unpaired) electrons. The Kier molecular flexibility index (Phi) is 2.41. The lowest BCUT2D eigenvalue weighted by Gasteiger charge is -2.04. The average molecular weight is 222 g/mol. The SMILES string of the molecule is CCc1ccc2ccc(-c3ccccc3)nn12. The Morgan fingerprint density at radius 3 is 2.47 bits per heavy atom. The number of hydrogen-bond acceptors (Lipinski definition) is 1. The van der Waals surface area contributed by atoms with Crippen LogP contribution in [0.15, 0.2) is 54.6 Å². The Balaban J connectivity index is 2.19. The molecule has 3 rings (SSSR count). The smallest absolute Gasteiger partial charge is 0.0913 e. The second kappa shape index (κ2) is 4.06. The summed E-state index contributed by atoms with van der Waals surface area (Å²) < 4.78 is 2.03. The molecule has 0 aliphatic rings. The summed E-state index contributed by atoms with van der Waals surface area (Å²) >= 11 is 0. The standard InChI is InChI=1S/C15H14N2/c1-2-13-8-9-14-10-11-15(16-17(13)14)12-6-4-3-5-7-12/h3-11H,2H2,1H3. The first-order valence-electron chi connectivity index (χ1n) is 5.91. The molecule has 17 heavy (non-hydrogen) atoms. The van der Waals surface area contributed by atoms with Crippen molar-refractivity contribution in [2.75, 3.05) is 0 Å². The van der Waals surface area contributed by atoms with Gasteiger partial charge in [-0.05, 0) is 30.7 Å². The van der Waals surface area contributed by atoms with Crippen molar-refractivity contribution in [1.82, 2.24) is 9.61 Å². The summed E-state index contributed by atoms with van der Waals surface area (Å²) in [6.45, 7) is 2.15. The molecule has 3 aromatic rings. The van der Waals surface area contributed by atoms with E-state index in [9.17, 15) is 0 Å². The summed E-state index contributed by atoms with van der Waals surface area (Å²) in [5.74, 6) is 0. The van der Waals surface area contributed by atoms with Crippen LogP contribution in [0.4, 0.5) is 0 Å². The topological polar surface area (TPSA) is 17.3 Å². The molecule has 0 N–H and O–H groups in total. The van der Waals surface area contributed by atoms with Gasteiger partial charge in [-0.25, -0.2) is 4.52 Å². The summed E-state index contributed by atoms with van der Waals surface area (Å²) in [5.41, 5.74) is 4.58. The molecule has 0 fully saturated rings. The van der Waals surface area contributed by atoms with Gasteiger partial charge in [0, 0.05) is 11.3 Å². The highest BCUT2D eigenvalue weighted by atomic mass is 15.2. The highest BCUT2D eigenvalue weighted by Gasteiger charge is 2.03. The second-order valence-corrected chi connectivity index (χ2v) is 4.10. The van der Waals surface area contributed by atoms with Crippen LogP contribution < -0.4 is 0 Å². The molecule has 0 aliphatic heterocycles. The molecule has 0 bridgehead atoms. The Hall–Kier alpha value is -2.09. The monoisotopic (exact) mass is 222 g/mol. The van der Waals surface area contributed by atoms with Crippen molar-refractivity contribution >= 4 is 5.52 Å². The van der Waals surface area contributed by atoms with Crippen molar-refractivity contribution in [3.8, 4) is 11.3 Å². The summed E-state index contributed by atoms with van der Waals surface area (Å²) in [5, 5.41) is 4.69. The average Bonchev–Trinajstić information content (AvgIpc) is 2.81. The number of nitrogens with zero attached hydrogens (tertiary/aromatic N) is 2. The molecular weight excluding hydrogens is 208 g/mol. The van der Waals surface area contributed by atoms with Crippen LogP contribution in [0.3, 0.4) is 0 Å². The number of aromatic nitrogens is 2. The van der Waals surface area contributed by atoms with Gasteiger partial charge in [0.1, 0.15) is 0 Å². The van der Waals surface area contributed by atoms with Gasteiger partial charge in [0.25, 0.3) is 0 Å². The number of rotatable bonds is 2. The Bertz CT molecular complexity index is 638. The fraction of sp³-hybridized carbons (Fsp3) is 0.133. The lowest BCUT2D eigenvalue weighted by atomic mass is 10.1. The molecule has 84 valence electrons. The third-order valence-electron chi connectivity index (χ3n) is 3.01. The summed E-state index contributed by atoms with van der Waals surface area (Å²) in [6.07, 6.45) is 0.999. The molecule has 0 spiro atoms. The summed E-state index contributed by atoms with van der Waals surface area (Å²) in [6, 6.07) is 18.7. The quantitative estimate of drug-likeness (QED) is 0.648. The van der Waals surface area contributed by atoms with Crippen molar-refractivity contribution in [1.29, 1.82) is 0 Å². The van der Waals surface area contributed by atoms with E-state index in [2.05, 4.69) is 43.3 Å². The van der Waals surface area contributed by atoms with E-state index >= 15 is 0 Å². The molecule has 2 nitrogen and oxygen atoms in total. The maximum atomic E-state index is 4.69. The predicted molar refractivity (Wildman–Crippen MR) is 70.0 cm³/mol. The van der Waals surface area contributed by atoms with E-state index in [0.29, 0.717) is 0 Å². The normalized spacial score (nSPS) is 10.9. The van der Waals surface area contributed by atoms with Gasteiger partial charge in [0.2, 0.25) is 0 Å². The van der Waals surface area contributed by atoms with Gasteiger partial charge in [-0.15, -0.1) is 0 Å². The van der Waals surface area contributed by atoms with Gasteiger partial charge >= 0.3 is 0 Å².